The molecule has 0 spiro atoms. The van der Waals surface area contributed by atoms with Gasteiger partial charge in [0, 0.05) is 51.5 Å². The first-order valence-electron chi connectivity index (χ1n) is 7.52. The van der Waals surface area contributed by atoms with Crippen molar-refractivity contribution in [2.45, 2.75) is 11.4 Å². The van der Waals surface area contributed by atoms with E-state index in [9.17, 15) is 17.2 Å². The van der Waals surface area contributed by atoms with Crippen LogP contribution in [0.5, 0.6) is 0 Å². The number of aromatic nitrogens is 2. The van der Waals surface area contributed by atoms with Crippen LogP contribution in [0.2, 0.25) is 0 Å². The maximum absolute atomic E-state index is 13.7. The van der Waals surface area contributed by atoms with E-state index in [1.54, 1.807) is 7.05 Å². The standard InChI is InChI=1S/C15H18F2N4O2S/c1-19-11-13(9-18-19)24(22,23)21-7-5-20(6-8-21)10-12-3-2-4-14(16)15(12)17/h2-4,9,11H,5-8,10H2,1H3. The van der Waals surface area contributed by atoms with Crippen LogP contribution in [-0.2, 0) is 23.6 Å². The lowest BCUT2D eigenvalue weighted by Gasteiger charge is -2.33. The Morgan fingerprint density at radius 3 is 2.50 bits per heavy atom. The highest BCUT2D eigenvalue weighted by Gasteiger charge is 2.29. The fraction of sp³-hybridized carbons (Fsp3) is 0.400. The molecule has 1 aromatic carbocycles. The molecule has 2 aromatic rings. The molecule has 24 heavy (non-hydrogen) atoms. The fourth-order valence-corrected chi connectivity index (χ4v) is 4.13. The van der Waals surface area contributed by atoms with Gasteiger partial charge in [0.25, 0.3) is 0 Å². The van der Waals surface area contributed by atoms with Crippen molar-refractivity contribution >= 4 is 10.0 Å². The van der Waals surface area contributed by atoms with Gasteiger partial charge in [-0.1, -0.05) is 12.1 Å². The molecule has 1 saturated heterocycles. The summed E-state index contributed by atoms with van der Waals surface area (Å²) in [5.41, 5.74) is 0.276. The Hall–Kier alpha value is -1.84. The number of aryl methyl sites for hydroxylation is 1. The van der Waals surface area contributed by atoms with Gasteiger partial charge in [0.05, 0.1) is 6.20 Å². The smallest absolute Gasteiger partial charge is 0.246 e. The number of hydrogen-bond donors (Lipinski definition) is 0. The van der Waals surface area contributed by atoms with E-state index in [-0.39, 0.29) is 17.0 Å². The van der Waals surface area contributed by atoms with E-state index in [1.165, 1.54) is 33.5 Å². The Morgan fingerprint density at radius 1 is 1.17 bits per heavy atom. The molecule has 0 aliphatic carbocycles. The van der Waals surface area contributed by atoms with Crippen LogP contribution in [0.25, 0.3) is 0 Å². The van der Waals surface area contributed by atoms with Crippen LogP contribution in [0.4, 0.5) is 8.78 Å². The van der Waals surface area contributed by atoms with Crippen molar-refractivity contribution in [3.8, 4) is 0 Å². The first-order valence-corrected chi connectivity index (χ1v) is 8.96. The van der Waals surface area contributed by atoms with Crippen LogP contribution in [0.1, 0.15) is 5.56 Å². The summed E-state index contributed by atoms with van der Waals surface area (Å²) in [7, 11) is -1.91. The van der Waals surface area contributed by atoms with E-state index in [0.717, 1.165) is 6.07 Å². The largest absolute Gasteiger partial charge is 0.296 e. The summed E-state index contributed by atoms with van der Waals surface area (Å²) in [5.74, 6) is -1.71. The molecule has 0 N–H and O–H groups in total. The topological polar surface area (TPSA) is 58.4 Å². The van der Waals surface area contributed by atoms with E-state index in [4.69, 9.17) is 0 Å². The van der Waals surface area contributed by atoms with Crippen molar-refractivity contribution < 1.29 is 17.2 Å². The first-order chi connectivity index (χ1) is 11.4. The normalized spacial score (nSPS) is 17.3. The second-order valence-corrected chi connectivity index (χ2v) is 7.68. The van der Waals surface area contributed by atoms with Crippen molar-refractivity contribution in [2.24, 2.45) is 7.05 Å². The molecule has 0 unspecified atom stereocenters. The maximum atomic E-state index is 13.7. The first kappa shape index (κ1) is 17.0. The van der Waals surface area contributed by atoms with Gasteiger partial charge in [-0.3, -0.25) is 9.58 Å². The number of rotatable bonds is 4. The average molecular weight is 356 g/mol. The second-order valence-electron chi connectivity index (χ2n) is 5.74. The number of sulfonamides is 1. The predicted molar refractivity (Wildman–Crippen MR) is 83.6 cm³/mol. The summed E-state index contributed by atoms with van der Waals surface area (Å²) in [6, 6.07) is 4.09. The molecule has 0 atom stereocenters. The summed E-state index contributed by atoms with van der Waals surface area (Å²) in [5, 5.41) is 3.89. The SMILES string of the molecule is Cn1cc(S(=O)(=O)N2CCN(Cc3cccc(F)c3F)CC2)cn1. The van der Waals surface area contributed by atoms with Crippen molar-refractivity contribution in [3.05, 3.63) is 47.8 Å². The zero-order valence-corrected chi connectivity index (χ0v) is 14.0. The molecule has 2 heterocycles. The Balaban J connectivity index is 1.65. The van der Waals surface area contributed by atoms with Gasteiger partial charge in [0.1, 0.15) is 4.90 Å². The zero-order chi connectivity index (χ0) is 17.3. The number of benzene rings is 1. The van der Waals surface area contributed by atoms with Gasteiger partial charge in [0.15, 0.2) is 11.6 Å². The molecule has 1 fully saturated rings. The number of halogens is 2. The van der Waals surface area contributed by atoms with Crippen LogP contribution >= 0.6 is 0 Å². The molecule has 0 saturated carbocycles. The van der Waals surface area contributed by atoms with Crippen LogP contribution in [-0.4, -0.2) is 53.6 Å². The van der Waals surface area contributed by atoms with Gasteiger partial charge in [-0.05, 0) is 6.07 Å². The number of piperazine rings is 1. The third-order valence-electron chi connectivity index (χ3n) is 4.08. The minimum absolute atomic E-state index is 0.162. The van der Waals surface area contributed by atoms with Crippen LogP contribution < -0.4 is 0 Å². The van der Waals surface area contributed by atoms with E-state index >= 15 is 0 Å². The van der Waals surface area contributed by atoms with Gasteiger partial charge in [-0.2, -0.15) is 9.40 Å². The van der Waals surface area contributed by atoms with Crippen LogP contribution in [0.15, 0.2) is 35.5 Å². The molecule has 9 heteroatoms. The molecular formula is C15H18F2N4O2S. The summed E-state index contributed by atoms with van der Waals surface area (Å²) < 4.78 is 54.8. The molecule has 0 bridgehead atoms. The third-order valence-corrected chi connectivity index (χ3v) is 5.93. The minimum atomic E-state index is -3.56. The Kier molecular flexibility index (Phi) is 4.66. The Labute approximate surface area is 139 Å². The lowest BCUT2D eigenvalue weighted by atomic mass is 10.2. The molecule has 0 radical (unpaired) electrons. The average Bonchev–Trinajstić information content (AvgIpc) is 3.00. The van der Waals surface area contributed by atoms with E-state index in [0.29, 0.717) is 26.2 Å². The van der Waals surface area contributed by atoms with Crippen LogP contribution in [0, 0.1) is 11.6 Å². The third kappa shape index (κ3) is 3.33. The summed E-state index contributed by atoms with van der Waals surface area (Å²) >= 11 is 0. The van der Waals surface area contributed by atoms with Gasteiger partial charge in [-0.15, -0.1) is 0 Å². The van der Waals surface area contributed by atoms with E-state index in [2.05, 4.69) is 5.10 Å². The maximum Gasteiger partial charge on any atom is 0.246 e. The van der Waals surface area contributed by atoms with Crippen molar-refractivity contribution in [1.29, 1.82) is 0 Å². The second kappa shape index (κ2) is 6.58. The van der Waals surface area contributed by atoms with E-state index < -0.39 is 21.7 Å². The number of nitrogens with zero attached hydrogens (tertiary/aromatic N) is 4. The highest BCUT2D eigenvalue weighted by atomic mass is 32.2. The Morgan fingerprint density at radius 2 is 1.88 bits per heavy atom. The van der Waals surface area contributed by atoms with Gasteiger partial charge in [-0.25, -0.2) is 17.2 Å². The van der Waals surface area contributed by atoms with E-state index in [1.807, 2.05) is 4.90 Å². The summed E-state index contributed by atoms with van der Waals surface area (Å²) in [4.78, 5) is 2.07. The monoisotopic (exact) mass is 356 g/mol. The van der Waals surface area contributed by atoms with Crippen LogP contribution in [0.3, 0.4) is 0 Å². The quantitative estimate of drug-likeness (QED) is 0.826. The van der Waals surface area contributed by atoms with Crippen molar-refractivity contribution in [2.75, 3.05) is 26.2 Å². The van der Waals surface area contributed by atoms with Gasteiger partial charge >= 0.3 is 0 Å². The molecular weight excluding hydrogens is 338 g/mol. The predicted octanol–water partition coefficient (Wildman–Crippen LogP) is 1.20. The molecule has 130 valence electrons. The highest BCUT2D eigenvalue weighted by Crippen LogP contribution is 2.19. The molecule has 6 nitrogen and oxygen atoms in total. The molecule has 3 rings (SSSR count). The van der Waals surface area contributed by atoms with Gasteiger partial charge < -0.3 is 0 Å². The molecule has 1 aliphatic rings. The van der Waals surface area contributed by atoms with Crippen molar-refractivity contribution in [1.82, 2.24) is 19.0 Å². The molecule has 1 aliphatic heterocycles. The molecule has 0 amide bonds. The molecule has 1 aromatic heterocycles. The lowest BCUT2D eigenvalue weighted by molar-refractivity contribution is 0.179. The minimum Gasteiger partial charge on any atom is -0.296 e. The highest BCUT2D eigenvalue weighted by molar-refractivity contribution is 7.89. The lowest BCUT2D eigenvalue weighted by Crippen LogP contribution is -2.48. The summed E-state index contributed by atoms with van der Waals surface area (Å²) in [6.07, 6.45) is 2.79. The number of hydrogen-bond acceptors (Lipinski definition) is 4. The Bertz CT molecular complexity index is 830. The van der Waals surface area contributed by atoms with Crippen molar-refractivity contribution in [3.63, 3.8) is 0 Å². The fourth-order valence-electron chi connectivity index (χ4n) is 2.72. The summed E-state index contributed by atoms with van der Waals surface area (Å²) in [6.45, 7) is 1.76. The zero-order valence-electron chi connectivity index (χ0n) is 13.2. The van der Waals surface area contributed by atoms with Gasteiger partial charge in [0.2, 0.25) is 10.0 Å².